The normalized spacial score (nSPS) is 10.1. The van der Waals surface area contributed by atoms with E-state index in [1.165, 1.54) is 0 Å². The van der Waals surface area contributed by atoms with Crippen LogP contribution in [0.5, 0.6) is 0 Å². The van der Waals surface area contributed by atoms with E-state index in [-0.39, 0.29) is 6.03 Å². The summed E-state index contributed by atoms with van der Waals surface area (Å²) >= 11 is 0. The Morgan fingerprint density at radius 1 is 1.67 bits per heavy atom. The first-order chi connectivity index (χ1) is 6.97. The number of nitrogens with two attached hydrogens (primary N) is 1. The first kappa shape index (κ1) is 11.4. The molecule has 3 N–H and O–H groups in total. The standard InChI is InChI=1S/C9H17N5O/c1-5-13(3)9(15)11-8-7(10)6(2)12-14(8)4/h5,10H2,1-4H3,(H,11,15). The van der Waals surface area contributed by atoms with Crippen LogP contribution in [-0.4, -0.2) is 34.3 Å². The van der Waals surface area contributed by atoms with Crippen LogP contribution in [0.4, 0.5) is 16.3 Å². The van der Waals surface area contributed by atoms with Crippen LogP contribution in [0.1, 0.15) is 12.6 Å². The van der Waals surface area contributed by atoms with Crippen LogP contribution in [-0.2, 0) is 7.05 Å². The first-order valence-electron chi connectivity index (χ1n) is 4.78. The molecule has 1 rings (SSSR count). The van der Waals surface area contributed by atoms with Crippen molar-refractivity contribution < 1.29 is 4.79 Å². The van der Waals surface area contributed by atoms with Crippen molar-refractivity contribution in [1.29, 1.82) is 0 Å². The number of aryl methyl sites for hydroxylation is 2. The molecular weight excluding hydrogens is 194 g/mol. The molecule has 0 spiro atoms. The number of anilines is 2. The van der Waals surface area contributed by atoms with Crippen LogP contribution in [0, 0.1) is 6.92 Å². The quantitative estimate of drug-likeness (QED) is 0.759. The van der Waals surface area contributed by atoms with Gasteiger partial charge in [-0.05, 0) is 13.8 Å². The van der Waals surface area contributed by atoms with Crippen molar-refractivity contribution in [3.8, 4) is 0 Å². The summed E-state index contributed by atoms with van der Waals surface area (Å²) in [6.07, 6.45) is 0. The minimum absolute atomic E-state index is 0.188. The highest BCUT2D eigenvalue weighted by Gasteiger charge is 2.14. The third-order valence-electron chi connectivity index (χ3n) is 2.31. The van der Waals surface area contributed by atoms with E-state index in [0.29, 0.717) is 23.7 Å². The predicted molar refractivity (Wildman–Crippen MR) is 59.7 cm³/mol. The Kier molecular flexibility index (Phi) is 3.18. The average molecular weight is 211 g/mol. The lowest BCUT2D eigenvalue weighted by Crippen LogP contribution is -2.31. The highest BCUT2D eigenvalue weighted by Crippen LogP contribution is 2.20. The van der Waals surface area contributed by atoms with Crippen LogP contribution in [0.15, 0.2) is 0 Å². The smallest absolute Gasteiger partial charge is 0.322 e. The van der Waals surface area contributed by atoms with Crippen LogP contribution in [0.3, 0.4) is 0 Å². The lowest BCUT2D eigenvalue weighted by atomic mass is 10.4. The number of carbonyl (C=O) groups is 1. The van der Waals surface area contributed by atoms with Crippen molar-refractivity contribution in [2.75, 3.05) is 24.6 Å². The van der Waals surface area contributed by atoms with E-state index < -0.39 is 0 Å². The summed E-state index contributed by atoms with van der Waals surface area (Å²) in [6.45, 7) is 4.34. The minimum atomic E-state index is -0.188. The maximum Gasteiger partial charge on any atom is 0.322 e. The number of nitrogens with zero attached hydrogens (tertiary/aromatic N) is 3. The van der Waals surface area contributed by atoms with Gasteiger partial charge in [0.2, 0.25) is 0 Å². The number of aromatic nitrogens is 2. The van der Waals surface area contributed by atoms with Crippen LogP contribution >= 0.6 is 0 Å². The maximum absolute atomic E-state index is 11.6. The Morgan fingerprint density at radius 2 is 2.27 bits per heavy atom. The fourth-order valence-corrected chi connectivity index (χ4v) is 1.16. The Balaban J connectivity index is 2.85. The summed E-state index contributed by atoms with van der Waals surface area (Å²) in [5.74, 6) is 0.540. The van der Waals surface area contributed by atoms with E-state index in [9.17, 15) is 4.79 Å². The van der Waals surface area contributed by atoms with Crippen LogP contribution in [0.25, 0.3) is 0 Å². The lowest BCUT2D eigenvalue weighted by molar-refractivity contribution is 0.224. The summed E-state index contributed by atoms with van der Waals surface area (Å²) in [5, 5.41) is 6.82. The highest BCUT2D eigenvalue weighted by atomic mass is 16.2. The number of amides is 2. The number of carbonyl (C=O) groups excluding carboxylic acids is 1. The Hall–Kier alpha value is -1.72. The summed E-state index contributed by atoms with van der Waals surface area (Å²) in [5.41, 5.74) is 7.00. The van der Waals surface area contributed by atoms with Crippen LogP contribution in [0.2, 0.25) is 0 Å². The Bertz CT molecular complexity index is 371. The van der Waals surface area contributed by atoms with Gasteiger partial charge in [-0.3, -0.25) is 10.00 Å². The Morgan fingerprint density at radius 3 is 2.67 bits per heavy atom. The molecule has 1 aromatic heterocycles. The van der Waals surface area contributed by atoms with E-state index in [4.69, 9.17) is 5.73 Å². The van der Waals surface area contributed by atoms with Crippen molar-refractivity contribution in [3.63, 3.8) is 0 Å². The molecule has 84 valence electrons. The molecule has 0 radical (unpaired) electrons. The molecule has 0 aliphatic heterocycles. The SMILES string of the molecule is CCN(C)C(=O)Nc1c(N)c(C)nn1C. The van der Waals surface area contributed by atoms with Crippen molar-refractivity contribution in [2.24, 2.45) is 7.05 Å². The van der Waals surface area contributed by atoms with Gasteiger partial charge in [-0.15, -0.1) is 0 Å². The second-order valence-corrected chi connectivity index (χ2v) is 3.42. The highest BCUT2D eigenvalue weighted by molar-refractivity contribution is 5.91. The molecule has 0 aliphatic rings. The summed E-state index contributed by atoms with van der Waals surface area (Å²) in [7, 11) is 3.46. The van der Waals surface area contributed by atoms with Gasteiger partial charge in [0.05, 0.1) is 11.4 Å². The second-order valence-electron chi connectivity index (χ2n) is 3.42. The monoisotopic (exact) mass is 211 g/mol. The molecule has 0 atom stereocenters. The third-order valence-corrected chi connectivity index (χ3v) is 2.31. The van der Waals surface area contributed by atoms with Gasteiger partial charge in [-0.1, -0.05) is 0 Å². The van der Waals surface area contributed by atoms with Gasteiger partial charge in [0.1, 0.15) is 0 Å². The third kappa shape index (κ3) is 2.20. The fourth-order valence-electron chi connectivity index (χ4n) is 1.16. The number of hydrogen-bond acceptors (Lipinski definition) is 3. The number of hydrogen-bond donors (Lipinski definition) is 2. The molecule has 6 nitrogen and oxygen atoms in total. The molecule has 6 heteroatoms. The number of nitrogens with one attached hydrogen (secondary N) is 1. The molecule has 15 heavy (non-hydrogen) atoms. The van der Waals surface area contributed by atoms with Crippen LogP contribution < -0.4 is 11.1 Å². The van der Waals surface area contributed by atoms with Gasteiger partial charge < -0.3 is 10.6 Å². The van der Waals surface area contributed by atoms with E-state index in [1.807, 2.05) is 6.92 Å². The van der Waals surface area contributed by atoms with E-state index >= 15 is 0 Å². The second kappa shape index (κ2) is 4.20. The fraction of sp³-hybridized carbons (Fsp3) is 0.556. The van der Waals surface area contributed by atoms with E-state index in [1.54, 1.807) is 30.6 Å². The van der Waals surface area contributed by atoms with Gasteiger partial charge in [0, 0.05) is 20.6 Å². The molecule has 0 saturated carbocycles. The molecule has 0 saturated heterocycles. The summed E-state index contributed by atoms with van der Waals surface area (Å²) in [6, 6.07) is -0.188. The molecule has 0 aromatic carbocycles. The number of rotatable bonds is 2. The van der Waals surface area contributed by atoms with E-state index in [0.717, 1.165) is 0 Å². The molecule has 1 heterocycles. The van der Waals surface area contributed by atoms with Gasteiger partial charge in [0.25, 0.3) is 0 Å². The molecule has 0 unspecified atom stereocenters. The zero-order valence-electron chi connectivity index (χ0n) is 9.53. The molecule has 0 fully saturated rings. The topological polar surface area (TPSA) is 76.2 Å². The lowest BCUT2D eigenvalue weighted by Gasteiger charge is -2.15. The molecule has 1 aromatic rings. The maximum atomic E-state index is 11.6. The molecule has 0 aliphatic carbocycles. The molecular formula is C9H17N5O. The van der Waals surface area contributed by atoms with Gasteiger partial charge in [0.15, 0.2) is 5.82 Å². The average Bonchev–Trinajstić information content (AvgIpc) is 2.43. The number of urea groups is 1. The summed E-state index contributed by atoms with van der Waals surface area (Å²) in [4.78, 5) is 13.1. The minimum Gasteiger partial charge on any atom is -0.394 e. The van der Waals surface area contributed by atoms with Gasteiger partial charge in [-0.2, -0.15) is 5.10 Å². The Labute approximate surface area is 89.0 Å². The van der Waals surface area contributed by atoms with E-state index in [2.05, 4.69) is 10.4 Å². The van der Waals surface area contributed by atoms with Gasteiger partial charge >= 0.3 is 6.03 Å². The zero-order valence-corrected chi connectivity index (χ0v) is 9.53. The number of nitrogen functional groups attached to an aromatic ring is 1. The largest absolute Gasteiger partial charge is 0.394 e. The first-order valence-corrected chi connectivity index (χ1v) is 4.78. The van der Waals surface area contributed by atoms with Crippen molar-refractivity contribution >= 4 is 17.5 Å². The van der Waals surface area contributed by atoms with Gasteiger partial charge in [-0.25, -0.2) is 4.79 Å². The zero-order chi connectivity index (χ0) is 11.6. The van der Waals surface area contributed by atoms with Crippen molar-refractivity contribution in [1.82, 2.24) is 14.7 Å². The van der Waals surface area contributed by atoms with Crippen molar-refractivity contribution in [3.05, 3.63) is 5.69 Å². The predicted octanol–water partition coefficient (Wildman–Crippen LogP) is 0.794. The molecule has 0 bridgehead atoms. The molecule has 2 amide bonds. The summed E-state index contributed by atoms with van der Waals surface area (Å²) < 4.78 is 1.56. The van der Waals surface area contributed by atoms with Crippen molar-refractivity contribution in [2.45, 2.75) is 13.8 Å².